The molecule has 0 unspecified atom stereocenters. The van der Waals surface area contributed by atoms with E-state index in [4.69, 9.17) is 16.0 Å². The predicted molar refractivity (Wildman–Crippen MR) is 72.2 cm³/mol. The van der Waals surface area contributed by atoms with Crippen molar-refractivity contribution in [2.75, 3.05) is 5.32 Å². The summed E-state index contributed by atoms with van der Waals surface area (Å²) in [4.78, 5) is 11.6. The Balaban J connectivity index is 2.25. The second-order valence-corrected chi connectivity index (χ2v) is 4.54. The summed E-state index contributed by atoms with van der Waals surface area (Å²) in [6, 6.07) is 7.27. The van der Waals surface area contributed by atoms with Crippen molar-refractivity contribution in [3.8, 4) is 0 Å². The minimum Gasteiger partial charge on any atom is -0.467 e. The highest BCUT2D eigenvalue weighted by molar-refractivity contribution is 6.31. The molecule has 0 aliphatic rings. The highest BCUT2D eigenvalue weighted by Crippen LogP contribution is 2.26. The Morgan fingerprint density at radius 1 is 1.44 bits per heavy atom. The number of carbonyl (C=O) groups is 1. The maximum Gasteiger partial charge on any atom is 0.161 e. The number of ketones is 1. The molecule has 94 valence electrons. The van der Waals surface area contributed by atoms with Crippen LogP contribution in [-0.4, -0.2) is 5.78 Å². The first-order valence-electron chi connectivity index (χ1n) is 5.65. The van der Waals surface area contributed by atoms with Crippen LogP contribution in [0.2, 0.25) is 5.02 Å². The molecule has 0 saturated carbocycles. The lowest BCUT2D eigenvalue weighted by Crippen LogP contribution is -2.05. The lowest BCUT2D eigenvalue weighted by molar-refractivity contribution is 0.101. The van der Waals surface area contributed by atoms with Gasteiger partial charge in [-0.2, -0.15) is 0 Å². The molecule has 18 heavy (non-hydrogen) atoms. The van der Waals surface area contributed by atoms with Gasteiger partial charge in [-0.3, -0.25) is 4.79 Å². The van der Waals surface area contributed by atoms with Crippen molar-refractivity contribution in [1.29, 1.82) is 0 Å². The van der Waals surface area contributed by atoms with Gasteiger partial charge in [-0.25, -0.2) is 0 Å². The number of nitrogens with one attached hydrogen (secondary N) is 1. The number of rotatable bonds is 4. The number of hydrogen-bond acceptors (Lipinski definition) is 3. The number of Topliss-reactive ketones (excluding diaryl/α,β-unsaturated/α-hetero) is 1. The standard InChI is InChI=1S/C14H14ClNO2/c1-9-6-12(10(2)17)14(7-13(9)15)16-8-11-4-3-5-18-11/h3-7,16H,8H2,1-2H3. The Morgan fingerprint density at radius 2 is 2.22 bits per heavy atom. The van der Waals surface area contributed by atoms with Gasteiger partial charge in [0.25, 0.3) is 0 Å². The maximum absolute atomic E-state index is 11.6. The molecule has 2 aromatic rings. The van der Waals surface area contributed by atoms with Crippen LogP contribution in [-0.2, 0) is 6.54 Å². The van der Waals surface area contributed by atoms with E-state index in [0.29, 0.717) is 17.1 Å². The highest BCUT2D eigenvalue weighted by atomic mass is 35.5. The minimum absolute atomic E-state index is 0.0108. The molecule has 3 nitrogen and oxygen atoms in total. The number of halogens is 1. The van der Waals surface area contributed by atoms with Gasteiger partial charge in [-0.1, -0.05) is 11.6 Å². The number of aryl methyl sites for hydroxylation is 1. The van der Waals surface area contributed by atoms with Crippen molar-refractivity contribution >= 4 is 23.1 Å². The van der Waals surface area contributed by atoms with E-state index < -0.39 is 0 Å². The van der Waals surface area contributed by atoms with Gasteiger partial charge in [0.15, 0.2) is 5.78 Å². The molecule has 4 heteroatoms. The Labute approximate surface area is 111 Å². The van der Waals surface area contributed by atoms with Gasteiger partial charge in [0.1, 0.15) is 5.76 Å². The fourth-order valence-electron chi connectivity index (χ4n) is 1.71. The van der Waals surface area contributed by atoms with Crippen LogP contribution < -0.4 is 5.32 Å². The SMILES string of the molecule is CC(=O)c1cc(C)c(Cl)cc1NCc1ccco1. The fraction of sp³-hybridized carbons (Fsp3) is 0.214. The minimum atomic E-state index is 0.0108. The van der Waals surface area contributed by atoms with E-state index in [1.807, 2.05) is 19.1 Å². The van der Waals surface area contributed by atoms with Gasteiger partial charge in [-0.15, -0.1) is 0 Å². The molecule has 0 radical (unpaired) electrons. The monoisotopic (exact) mass is 263 g/mol. The zero-order chi connectivity index (χ0) is 13.1. The molecule has 0 amide bonds. The Bertz CT molecular complexity index is 561. The third kappa shape index (κ3) is 2.74. The average Bonchev–Trinajstić information content (AvgIpc) is 2.83. The van der Waals surface area contributed by atoms with E-state index in [-0.39, 0.29) is 5.78 Å². The molecule has 0 aliphatic heterocycles. The number of hydrogen-bond donors (Lipinski definition) is 1. The van der Waals surface area contributed by atoms with Gasteiger partial charge < -0.3 is 9.73 Å². The van der Waals surface area contributed by atoms with Crippen molar-refractivity contribution < 1.29 is 9.21 Å². The number of benzene rings is 1. The average molecular weight is 264 g/mol. The van der Waals surface area contributed by atoms with Crippen molar-refractivity contribution in [1.82, 2.24) is 0 Å². The molecule has 0 bridgehead atoms. The summed E-state index contributed by atoms with van der Waals surface area (Å²) >= 11 is 6.08. The zero-order valence-electron chi connectivity index (χ0n) is 10.3. The topological polar surface area (TPSA) is 42.2 Å². The third-order valence-corrected chi connectivity index (χ3v) is 3.12. The first-order chi connectivity index (χ1) is 8.58. The van der Waals surface area contributed by atoms with Crippen LogP contribution >= 0.6 is 11.6 Å². The molecule has 1 aromatic heterocycles. The van der Waals surface area contributed by atoms with E-state index in [1.54, 1.807) is 25.3 Å². The second-order valence-electron chi connectivity index (χ2n) is 4.14. The second kappa shape index (κ2) is 5.27. The number of anilines is 1. The van der Waals surface area contributed by atoms with E-state index in [0.717, 1.165) is 17.0 Å². The van der Waals surface area contributed by atoms with Gasteiger partial charge in [-0.05, 0) is 43.7 Å². The Hall–Kier alpha value is -1.74. The fourth-order valence-corrected chi connectivity index (χ4v) is 1.88. The summed E-state index contributed by atoms with van der Waals surface area (Å²) in [5, 5.41) is 3.81. The van der Waals surface area contributed by atoms with Crippen LogP contribution in [0.15, 0.2) is 34.9 Å². The van der Waals surface area contributed by atoms with Crippen LogP contribution in [0.4, 0.5) is 5.69 Å². The Morgan fingerprint density at radius 3 is 2.83 bits per heavy atom. The molecule has 0 saturated heterocycles. The van der Waals surface area contributed by atoms with Crippen LogP contribution in [0, 0.1) is 6.92 Å². The van der Waals surface area contributed by atoms with Crippen LogP contribution in [0.3, 0.4) is 0 Å². The molecule has 0 fully saturated rings. The molecular formula is C14H14ClNO2. The molecule has 1 aromatic carbocycles. The molecule has 0 spiro atoms. The lowest BCUT2D eigenvalue weighted by Gasteiger charge is -2.11. The largest absolute Gasteiger partial charge is 0.467 e. The van der Waals surface area contributed by atoms with Crippen LogP contribution in [0.25, 0.3) is 0 Å². The van der Waals surface area contributed by atoms with Crippen molar-refractivity contribution in [2.24, 2.45) is 0 Å². The molecule has 0 atom stereocenters. The van der Waals surface area contributed by atoms with Crippen molar-refractivity contribution in [3.05, 3.63) is 52.4 Å². The lowest BCUT2D eigenvalue weighted by atomic mass is 10.1. The summed E-state index contributed by atoms with van der Waals surface area (Å²) in [5.74, 6) is 0.818. The third-order valence-electron chi connectivity index (χ3n) is 2.71. The summed E-state index contributed by atoms with van der Waals surface area (Å²) in [6.45, 7) is 3.94. The van der Waals surface area contributed by atoms with Gasteiger partial charge in [0.2, 0.25) is 0 Å². The van der Waals surface area contributed by atoms with Gasteiger partial charge >= 0.3 is 0 Å². The summed E-state index contributed by atoms with van der Waals surface area (Å²) in [6.07, 6.45) is 1.62. The number of furan rings is 1. The normalized spacial score (nSPS) is 10.4. The van der Waals surface area contributed by atoms with Crippen LogP contribution in [0.1, 0.15) is 28.6 Å². The molecule has 1 N–H and O–H groups in total. The quantitative estimate of drug-likeness (QED) is 0.846. The van der Waals surface area contributed by atoms with Crippen molar-refractivity contribution in [2.45, 2.75) is 20.4 Å². The molecule has 2 rings (SSSR count). The van der Waals surface area contributed by atoms with E-state index in [2.05, 4.69) is 5.32 Å². The first-order valence-corrected chi connectivity index (χ1v) is 6.03. The highest BCUT2D eigenvalue weighted by Gasteiger charge is 2.10. The zero-order valence-corrected chi connectivity index (χ0v) is 11.0. The molecule has 1 heterocycles. The Kier molecular flexibility index (Phi) is 3.72. The molecular weight excluding hydrogens is 250 g/mol. The van der Waals surface area contributed by atoms with E-state index >= 15 is 0 Å². The van der Waals surface area contributed by atoms with Gasteiger partial charge in [0.05, 0.1) is 12.8 Å². The van der Waals surface area contributed by atoms with Gasteiger partial charge in [0, 0.05) is 16.3 Å². The predicted octanol–water partition coefficient (Wildman–Crippen LogP) is 4.06. The first kappa shape index (κ1) is 12.7. The summed E-state index contributed by atoms with van der Waals surface area (Å²) < 4.78 is 5.23. The summed E-state index contributed by atoms with van der Waals surface area (Å²) in [7, 11) is 0. The molecule has 0 aliphatic carbocycles. The van der Waals surface area contributed by atoms with E-state index in [9.17, 15) is 4.79 Å². The smallest absolute Gasteiger partial charge is 0.161 e. The van der Waals surface area contributed by atoms with E-state index in [1.165, 1.54) is 0 Å². The maximum atomic E-state index is 11.6. The number of carbonyl (C=O) groups excluding carboxylic acids is 1. The van der Waals surface area contributed by atoms with Crippen molar-refractivity contribution in [3.63, 3.8) is 0 Å². The summed E-state index contributed by atoms with van der Waals surface area (Å²) in [5.41, 5.74) is 2.27. The van der Waals surface area contributed by atoms with Crippen LogP contribution in [0.5, 0.6) is 0 Å².